The Morgan fingerprint density at radius 3 is 2.70 bits per heavy atom. The van der Waals surface area contributed by atoms with E-state index in [0.29, 0.717) is 27.3 Å². The Morgan fingerprint density at radius 2 is 1.93 bits per heavy atom. The van der Waals surface area contributed by atoms with Gasteiger partial charge in [0.05, 0.1) is 60.1 Å². The average molecular weight is 627 g/mol. The molecule has 2 aliphatic rings. The summed E-state index contributed by atoms with van der Waals surface area (Å²) in [6, 6.07) is 12.1. The van der Waals surface area contributed by atoms with Gasteiger partial charge in [-0.15, -0.1) is 0 Å². The van der Waals surface area contributed by atoms with Crippen LogP contribution in [-0.4, -0.2) is 48.5 Å². The van der Waals surface area contributed by atoms with Crippen molar-refractivity contribution in [2.75, 3.05) is 13.7 Å². The maximum Gasteiger partial charge on any atom is 0.251 e. The predicted octanol–water partition coefficient (Wildman–Crippen LogP) is 4.87. The van der Waals surface area contributed by atoms with Crippen LogP contribution in [-0.2, 0) is 27.7 Å². The SMILES string of the molecule is COc1ccc(-c2ccc3cnc(CNC(=O)c4cc(Br)c5c(c4)S(=O)(=O)[C@@H](F)COC5)cc3n2)nc1C1CC1. The molecule has 0 saturated heterocycles. The predicted molar refractivity (Wildman–Crippen MR) is 148 cm³/mol. The van der Waals surface area contributed by atoms with E-state index >= 15 is 0 Å². The van der Waals surface area contributed by atoms with Gasteiger partial charge in [-0.2, -0.15) is 0 Å². The van der Waals surface area contributed by atoms with Gasteiger partial charge in [0.2, 0.25) is 15.3 Å². The van der Waals surface area contributed by atoms with Gasteiger partial charge >= 0.3 is 0 Å². The zero-order valence-electron chi connectivity index (χ0n) is 21.4. The molecule has 12 heteroatoms. The standard InChI is InChI=1S/C28H24BrFN4O5S/c1-38-24-7-6-22(34-27(24)15-2-3-15)21-5-4-16-11-31-18(10-23(16)33-21)12-32-28(35)17-8-20(29)19-13-39-14-26(30)40(36,37)25(19)9-17/h4-11,15,26H,2-3,12-14H2,1H3,(H,32,35)/t26-/m1/s1. The number of carbonyl (C=O) groups is 1. The first-order valence-corrected chi connectivity index (χ1v) is 15.0. The van der Waals surface area contributed by atoms with Crippen LogP contribution < -0.4 is 10.1 Å². The Bertz CT molecular complexity index is 1760. The molecule has 0 bridgehead atoms. The highest BCUT2D eigenvalue weighted by Crippen LogP contribution is 2.43. The topological polar surface area (TPSA) is 120 Å². The second-order valence-corrected chi connectivity index (χ2v) is 12.6. The second-order valence-electron chi connectivity index (χ2n) is 9.71. The number of hydrogen-bond donors (Lipinski definition) is 1. The molecule has 1 N–H and O–H groups in total. The van der Waals surface area contributed by atoms with Crippen LogP contribution in [0.3, 0.4) is 0 Å². The molecule has 1 atom stereocenters. The van der Waals surface area contributed by atoms with Gasteiger partial charge in [0, 0.05) is 33.1 Å². The molecule has 3 aromatic heterocycles. The van der Waals surface area contributed by atoms with E-state index in [2.05, 4.69) is 26.2 Å². The average Bonchev–Trinajstić information content (AvgIpc) is 3.81. The van der Waals surface area contributed by atoms with E-state index in [0.717, 1.165) is 35.4 Å². The Labute approximate surface area is 238 Å². The molecule has 1 saturated carbocycles. The fraction of sp³-hybridized carbons (Fsp3) is 0.286. The molecule has 6 rings (SSSR count). The highest BCUT2D eigenvalue weighted by Gasteiger charge is 2.34. The number of alkyl halides is 1. The minimum Gasteiger partial charge on any atom is -0.495 e. The summed E-state index contributed by atoms with van der Waals surface area (Å²) in [6.45, 7) is -0.574. The quantitative estimate of drug-likeness (QED) is 0.322. The molecule has 1 aliphatic carbocycles. The molecule has 0 unspecified atom stereocenters. The number of hydrogen-bond acceptors (Lipinski definition) is 8. The third-order valence-electron chi connectivity index (χ3n) is 6.95. The highest BCUT2D eigenvalue weighted by atomic mass is 79.9. The molecule has 0 radical (unpaired) electrons. The summed E-state index contributed by atoms with van der Waals surface area (Å²) < 4.78 is 50.5. The first-order chi connectivity index (χ1) is 19.2. The van der Waals surface area contributed by atoms with Gasteiger partial charge in [-0.3, -0.25) is 9.78 Å². The first-order valence-electron chi connectivity index (χ1n) is 12.6. The molecule has 1 fully saturated rings. The molecule has 1 aromatic carbocycles. The Hall–Kier alpha value is -3.48. The van der Waals surface area contributed by atoms with Crippen LogP contribution in [0.2, 0.25) is 0 Å². The number of benzene rings is 1. The largest absolute Gasteiger partial charge is 0.495 e. The maximum atomic E-state index is 14.2. The molecule has 4 aromatic rings. The summed E-state index contributed by atoms with van der Waals surface area (Å²) in [5, 5.41) is 3.59. The third-order valence-corrected chi connectivity index (χ3v) is 9.44. The summed E-state index contributed by atoms with van der Waals surface area (Å²) >= 11 is 3.30. The van der Waals surface area contributed by atoms with E-state index in [1.807, 2.05) is 24.3 Å². The highest BCUT2D eigenvalue weighted by molar-refractivity contribution is 9.10. The number of halogens is 2. The fourth-order valence-electron chi connectivity index (χ4n) is 4.61. The monoisotopic (exact) mass is 626 g/mol. The first kappa shape index (κ1) is 26.7. The number of aromatic nitrogens is 3. The van der Waals surface area contributed by atoms with Crippen molar-refractivity contribution in [2.45, 2.75) is 42.3 Å². The zero-order valence-corrected chi connectivity index (χ0v) is 23.8. The van der Waals surface area contributed by atoms with E-state index in [1.165, 1.54) is 12.1 Å². The van der Waals surface area contributed by atoms with Crippen molar-refractivity contribution in [1.29, 1.82) is 0 Å². The van der Waals surface area contributed by atoms with Crippen molar-refractivity contribution in [1.82, 2.24) is 20.3 Å². The molecule has 0 spiro atoms. The number of nitrogens with zero attached hydrogens (tertiary/aromatic N) is 3. The minimum atomic E-state index is -4.30. The lowest BCUT2D eigenvalue weighted by atomic mass is 10.1. The number of sulfone groups is 1. The molecule has 1 amide bonds. The van der Waals surface area contributed by atoms with Gasteiger partial charge in [-0.1, -0.05) is 15.9 Å². The van der Waals surface area contributed by atoms with Crippen molar-refractivity contribution in [3.05, 3.63) is 75.6 Å². The number of ether oxygens (including phenoxy) is 2. The van der Waals surface area contributed by atoms with Crippen LogP contribution in [0.25, 0.3) is 22.3 Å². The van der Waals surface area contributed by atoms with Crippen LogP contribution in [0, 0.1) is 0 Å². The summed E-state index contributed by atoms with van der Waals surface area (Å²) in [4.78, 5) is 26.7. The van der Waals surface area contributed by atoms with Crippen LogP contribution >= 0.6 is 15.9 Å². The summed E-state index contributed by atoms with van der Waals surface area (Å²) in [6.07, 6.45) is 3.88. The number of methoxy groups -OCH3 is 1. The van der Waals surface area contributed by atoms with Gasteiger partial charge < -0.3 is 14.8 Å². The summed E-state index contributed by atoms with van der Waals surface area (Å²) in [7, 11) is -2.65. The second kappa shape index (κ2) is 10.5. The van der Waals surface area contributed by atoms with Gasteiger partial charge in [0.1, 0.15) is 5.75 Å². The molecule has 1 aliphatic heterocycles. The number of nitrogens with one attached hydrogen (secondary N) is 1. The molecular weight excluding hydrogens is 603 g/mol. The molecule has 206 valence electrons. The van der Waals surface area contributed by atoms with Crippen molar-refractivity contribution in [2.24, 2.45) is 0 Å². The van der Waals surface area contributed by atoms with E-state index in [4.69, 9.17) is 19.4 Å². The van der Waals surface area contributed by atoms with Crippen LogP contribution in [0.5, 0.6) is 5.75 Å². The third kappa shape index (κ3) is 5.06. The molecular formula is C28H24BrFN4O5S. The van der Waals surface area contributed by atoms with E-state index in [-0.39, 0.29) is 29.2 Å². The van der Waals surface area contributed by atoms with Gasteiger partial charge in [0.25, 0.3) is 5.91 Å². The Kier molecular flexibility index (Phi) is 7.01. The number of carbonyl (C=O) groups excluding carboxylic acids is 1. The van der Waals surface area contributed by atoms with Gasteiger partial charge in [0.15, 0.2) is 0 Å². The van der Waals surface area contributed by atoms with Crippen LogP contribution in [0.15, 0.2) is 58.0 Å². The van der Waals surface area contributed by atoms with Crippen molar-refractivity contribution in [3.8, 4) is 17.1 Å². The molecule has 40 heavy (non-hydrogen) atoms. The smallest absolute Gasteiger partial charge is 0.251 e. The number of fused-ring (bicyclic) bond motifs is 2. The lowest BCUT2D eigenvalue weighted by molar-refractivity contribution is 0.0946. The lowest BCUT2D eigenvalue weighted by Gasteiger charge is -2.12. The van der Waals surface area contributed by atoms with E-state index in [1.54, 1.807) is 19.4 Å². The van der Waals surface area contributed by atoms with Crippen molar-refractivity contribution >= 4 is 42.6 Å². The van der Waals surface area contributed by atoms with Crippen LogP contribution in [0.1, 0.15) is 46.1 Å². The van der Waals surface area contributed by atoms with Crippen molar-refractivity contribution in [3.63, 3.8) is 0 Å². The lowest BCUT2D eigenvalue weighted by Crippen LogP contribution is -2.24. The van der Waals surface area contributed by atoms with E-state index < -0.39 is 27.9 Å². The number of pyridine rings is 3. The van der Waals surface area contributed by atoms with Gasteiger partial charge in [-0.25, -0.2) is 22.8 Å². The van der Waals surface area contributed by atoms with E-state index in [9.17, 15) is 17.6 Å². The van der Waals surface area contributed by atoms with Crippen LogP contribution in [0.4, 0.5) is 4.39 Å². The normalized spacial score (nSPS) is 18.1. The zero-order chi connectivity index (χ0) is 28.0. The fourth-order valence-corrected chi connectivity index (χ4v) is 6.67. The maximum absolute atomic E-state index is 14.2. The Morgan fingerprint density at radius 1 is 1.15 bits per heavy atom. The summed E-state index contributed by atoms with van der Waals surface area (Å²) in [5.41, 5.74) is 1.82. The number of rotatable bonds is 6. The van der Waals surface area contributed by atoms with Crippen molar-refractivity contribution < 1.29 is 27.1 Å². The molecule has 9 nitrogen and oxygen atoms in total. The minimum absolute atomic E-state index is 0.0709. The summed E-state index contributed by atoms with van der Waals surface area (Å²) in [5.74, 6) is 0.672. The number of amides is 1. The molecule has 4 heterocycles. The van der Waals surface area contributed by atoms with Gasteiger partial charge in [-0.05, 0) is 55.3 Å². The Balaban J connectivity index is 1.23.